The van der Waals surface area contributed by atoms with Crippen LogP contribution in [0.4, 0.5) is 11.4 Å². The van der Waals surface area contributed by atoms with Crippen LogP contribution in [0, 0.1) is 5.92 Å². The number of amides is 2. The Labute approximate surface area is 204 Å². The first kappa shape index (κ1) is 25.8. The lowest BCUT2D eigenvalue weighted by Crippen LogP contribution is -2.40. The van der Waals surface area contributed by atoms with Crippen molar-refractivity contribution >= 4 is 23.2 Å². The van der Waals surface area contributed by atoms with E-state index >= 15 is 0 Å². The van der Waals surface area contributed by atoms with Crippen molar-refractivity contribution in [1.82, 2.24) is 4.90 Å². The Morgan fingerprint density at radius 2 is 1.85 bits per heavy atom. The molecule has 184 valence electrons. The third-order valence-electron chi connectivity index (χ3n) is 6.38. The van der Waals surface area contributed by atoms with Crippen LogP contribution in [0.2, 0.25) is 0 Å². The summed E-state index contributed by atoms with van der Waals surface area (Å²) < 4.78 is 5.91. The molecule has 2 atom stereocenters. The van der Waals surface area contributed by atoms with E-state index in [4.69, 9.17) is 4.74 Å². The van der Waals surface area contributed by atoms with Gasteiger partial charge in [-0.05, 0) is 48.6 Å². The van der Waals surface area contributed by atoms with E-state index in [2.05, 4.69) is 12.2 Å². The SMILES string of the molecule is CC[C@H](C(=O)N(Cc1cc(NC(=O)C(C)C)ccc1N(C)C)C[C@@H]1CCCO1)c1ccccc1. The molecule has 1 aliphatic heterocycles. The summed E-state index contributed by atoms with van der Waals surface area (Å²) >= 11 is 0. The molecule has 1 saturated heterocycles. The second-order valence-corrected chi connectivity index (χ2v) is 9.61. The van der Waals surface area contributed by atoms with Crippen molar-refractivity contribution in [1.29, 1.82) is 0 Å². The van der Waals surface area contributed by atoms with Gasteiger partial charge < -0.3 is 19.9 Å². The fraction of sp³-hybridized carbons (Fsp3) is 0.500. The van der Waals surface area contributed by atoms with E-state index in [1.54, 1.807) is 0 Å². The van der Waals surface area contributed by atoms with Crippen molar-refractivity contribution in [2.75, 3.05) is 37.5 Å². The normalized spacial score (nSPS) is 16.4. The number of anilines is 2. The number of rotatable bonds is 10. The molecule has 1 fully saturated rings. The maximum absolute atomic E-state index is 13.9. The minimum Gasteiger partial charge on any atom is -0.377 e. The highest BCUT2D eigenvalue weighted by molar-refractivity contribution is 5.92. The van der Waals surface area contributed by atoms with E-state index in [1.807, 2.05) is 86.3 Å². The van der Waals surface area contributed by atoms with Crippen molar-refractivity contribution in [3.63, 3.8) is 0 Å². The van der Waals surface area contributed by atoms with Gasteiger partial charge in [0.25, 0.3) is 0 Å². The maximum Gasteiger partial charge on any atom is 0.230 e. The Balaban J connectivity index is 1.93. The molecule has 2 amide bonds. The molecule has 3 rings (SSSR count). The number of hydrogen-bond acceptors (Lipinski definition) is 4. The molecule has 0 saturated carbocycles. The van der Waals surface area contributed by atoms with Gasteiger partial charge in [0, 0.05) is 51.1 Å². The molecule has 1 N–H and O–H groups in total. The molecule has 6 nitrogen and oxygen atoms in total. The van der Waals surface area contributed by atoms with Gasteiger partial charge in [0.15, 0.2) is 0 Å². The van der Waals surface area contributed by atoms with E-state index in [0.717, 1.165) is 48.4 Å². The van der Waals surface area contributed by atoms with Gasteiger partial charge in [-0.2, -0.15) is 0 Å². The van der Waals surface area contributed by atoms with Gasteiger partial charge in [-0.1, -0.05) is 51.1 Å². The average molecular weight is 466 g/mol. The van der Waals surface area contributed by atoms with Crippen LogP contribution in [-0.4, -0.2) is 50.1 Å². The highest BCUT2D eigenvalue weighted by Crippen LogP contribution is 2.29. The van der Waals surface area contributed by atoms with E-state index in [1.165, 1.54) is 0 Å². The highest BCUT2D eigenvalue weighted by atomic mass is 16.5. The summed E-state index contributed by atoms with van der Waals surface area (Å²) in [5.74, 6) is -0.212. The zero-order valence-corrected chi connectivity index (χ0v) is 21.2. The maximum atomic E-state index is 13.9. The molecular formula is C28H39N3O3. The summed E-state index contributed by atoms with van der Waals surface area (Å²) in [6.07, 6.45) is 2.79. The molecule has 0 radical (unpaired) electrons. The summed E-state index contributed by atoms with van der Waals surface area (Å²) in [6, 6.07) is 15.9. The van der Waals surface area contributed by atoms with Gasteiger partial charge in [0.1, 0.15) is 0 Å². The van der Waals surface area contributed by atoms with Gasteiger partial charge >= 0.3 is 0 Å². The fourth-order valence-electron chi connectivity index (χ4n) is 4.44. The summed E-state index contributed by atoms with van der Waals surface area (Å²) in [5.41, 5.74) is 3.82. The topological polar surface area (TPSA) is 61.9 Å². The third kappa shape index (κ3) is 6.60. The van der Waals surface area contributed by atoms with Gasteiger partial charge in [0.2, 0.25) is 11.8 Å². The predicted octanol–water partition coefficient (Wildman–Crippen LogP) is 5.05. The summed E-state index contributed by atoms with van der Waals surface area (Å²) in [6.45, 7) is 7.59. The monoisotopic (exact) mass is 465 g/mol. The number of carbonyl (C=O) groups is 2. The Morgan fingerprint density at radius 1 is 1.12 bits per heavy atom. The fourth-order valence-corrected chi connectivity index (χ4v) is 4.44. The van der Waals surface area contributed by atoms with E-state index in [-0.39, 0.29) is 29.8 Å². The van der Waals surface area contributed by atoms with Gasteiger partial charge in [0.05, 0.1) is 12.0 Å². The summed E-state index contributed by atoms with van der Waals surface area (Å²) in [5, 5.41) is 3.00. The van der Waals surface area contributed by atoms with Crippen LogP contribution in [0.1, 0.15) is 57.1 Å². The number of hydrogen-bond donors (Lipinski definition) is 1. The Kier molecular flexibility index (Phi) is 9.11. The van der Waals surface area contributed by atoms with Crippen LogP contribution in [0.5, 0.6) is 0 Å². The quantitative estimate of drug-likeness (QED) is 0.533. The second-order valence-electron chi connectivity index (χ2n) is 9.61. The van der Waals surface area contributed by atoms with Crippen LogP contribution in [0.15, 0.2) is 48.5 Å². The zero-order chi connectivity index (χ0) is 24.7. The number of nitrogens with one attached hydrogen (secondary N) is 1. The number of ether oxygens (including phenoxy) is 1. The largest absolute Gasteiger partial charge is 0.377 e. The predicted molar refractivity (Wildman–Crippen MR) is 138 cm³/mol. The van der Waals surface area contributed by atoms with Crippen molar-refractivity contribution in [2.24, 2.45) is 5.92 Å². The van der Waals surface area contributed by atoms with Crippen LogP contribution < -0.4 is 10.2 Å². The molecule has 0 spiro atoms. The standard InChI is InChI=1S/C28H39N3O3/c1-6-25(21-11-8-7-9-12-21)28(33)31(19-24-13-10-16-34-24)18-22-17-23(29-27(32)20(2)3)14-15-26(22)30(4)5/h7-9,11-12,14-15,17,20,24-25H,6,10,13,16,18-19H2,1-5H3,(H,29,32)/t24-,25-/m0/s1. The van der Waals surface area contributed by atoms with Crippen molar-refractivity contribution in [2.45, 2.75) is 58.6 Å². The molecule has 6 heteroatoms. The first-order valence-electron chi connectivity index (χ1n) is 12.4. The average Bonchev–Trinajstić information content (AvgIpc) is 3.33. The minimum absolute atomic E-state index is 0.0223. The lowest BCUT2D eigenvalue weighted by atomic mass is 9.94. The molecule has 0 aromatic heterocycles. The number of carbonyl (C=O) groups excluding carboxylic acids is 2. The number of benzene rings is 2. The molecule has 2 aromatic carbocycles. The Hall–Kier alpha value is -2.86. The Bertz CT molecular complexity index is 953. The van der Waals surface area contributed by atoms with Crippen molar-refractivity contribution in [3.05, 3.63) is 59.7 Å². The lowest BCUT2D eigenvalue weighted by molar-refractivity contribution is -0.135. The molecule has 1 aliphatic rings. The van der Waals surface area contributed by atoms with E-state index in [9.17, 15) is 9.59 Å². The van der Waals surface area contributed by atoms with Crippen molar-refractivity contribution < 1.29 is 14.3 Å². The molecule has 2 aromatic rings. The lowest BCUT2D eigenvalue weighted by Gasteiger charge is -2.31. The van der Waals surface area contributed by atoms with Crippen LogP contribution in [-0.2, 0) is 20.9 Å². The van der Waals surface area contributed by atoms with E-state index < -0.39 is 0 Å². The molecule has 0 aliphatic carbocycles. The molecule has 34 heavy (non-hydrogen) atoms. The first-order valence-corrected chi connectivity index (χ1v) is 12.4. The summed E-state index contributed by atoms with van der Waals surface area (Å²) in [7, 11) is 3.99. The second kappa shape index (κ2) is 12.0. The van der Waals surface area contributed by atoms with Gasteiger partial charge in [-0.3, -0.25) is 9.59 Å². The van der Waals surface area contributed by atoms with Gasteiger partial charge in [-0.25, -0.2) is 0 Å². The summed E-state index contributed by atoms with van der Waals surface area (Å²) in [4.78, 5) is 30.2. The minimum atomic E-state index is -0.200. The smallest absolute Gasteiger partial charge is 0.230 e. The van der Waals surface area contributed by atoms with Crippen LogP contribution in [0.25, 0.3) is 0 Å². The van der Waals surface area contributed by atoms with E-state index in [0.29, 0.717) is 13.1 Å². The molecule has 0 unspecified atom stereocenters. The Morgan fingerprint density at radius 3 is 2.44 bits per heavy atom. The highest BCUT2D eigenvalue weighted by Gasteiger charge is 2.29. The zero-order valence-electron chi connectivity index (χ0n) is 21.2. The molecular weight excluding hydrogens is 426 g/mol. The van der Waals surface area contributed by atoms with Crippen LogP contribution in [0.3, 0.4) is 0 Å². The van der Waals surface area contributed by atoms with Crippen molar-refractivity contribution in [3.8, 4) is 0 Å². The molecule has 1 heterocycles. The van der Waals surface area contributed by atoms with Gasteiger partial charge in [-0.15, -0.1) is 0 Å². The van der Waals surface area contributed by atoms with Crippen LogP contribution >= 0.6 is 0 Å². The third-order valence-corrected chi connectivity index (χ3v) is 6.38. The first-order chi connectivity index (χ1) is 16.3. The molecule has 0 bridgehead atoms. The number of nitrogens with zero attached hydrogens (tertiary/aromatic N) is 2.